The molecule has 1 aromatic carbocycles. The lowest BCUT2D eigenvalue weighted by molar-refractivity contribution is -0.384. The summed E-state index contributed by atoms with van der Waals surface area (Å²) in [6, 6.07) is 8.49. The standard InChI is InChI=1S/C12H9BrN4O3/c13-8-4-5-14-11(6-8)16-12(18)15-9-2-1-3-10(7-9)17(19)20/h1-7H,(H2,14,15,16,18). The van der Waals surface area contributed by atoms with Gasteiger partial charge in [-0.2, -0.15) is 0 Å². The summed E-state index contributed by atoms with van der Waals surface area (Å²) in [6.45, 7) is 0. The molecule has 0 aliphatic heterocycles. The number of urea groups is 1. The molecule has 102 valence electrons. The number of anilines is 2. The third-order valence-corrected chi connectivity index (χ3v) is 2.77. The van der Waals surface area contributed by atoms with Crippen molar-refractivity contribution in [2.45, 2.75) is 0 Å². The summed E-state index contributed by atoms with van der Waals surface area (Å²) in [6.07, 6.45) is 1.53. The number of aromatic nitrogens is 1. The van der Waals surface area contributed by atoms with E-state index in [4.69, 9.17) is 0 Å². The van der Waals surface area contributed by atoms with Crippen LogP contribution in [0, 0.1) is 10.1 Å². The minimum atomic E-state index is -0.531. The molecule has 1 aromatic heterocycles. The molecule has 0 fully saturated rings. The van der Waals surface area contributed by atoms with Crippen LogP contribution in [0.4, 0.5) is 22.0 Å². The number of nitrogens with zero attached hydrogens (tertiary/aromatic N) is 2. The smallest absolute Gasteiger partial charge is 0.307 e. The van der Waals surface area contributed by atoms with Crippen molar-refractivity contribution >= 4 is 39.2 Å². The first kappa shape index (κ1) is 13.9. The molecule has 0 saturated heterocycles. The van der Waals surface area contributed by atoms with Crippen molar-refractivity contribution < 1.29 is 9.72 Å². The highest BCUT2D eigenvalue weighted by molar-refractivity contribution is 9.10. The Labute approximate surface area is 122 Å². The fourth-order valence-electron chi connectivity index (χ4n) is 1.45. The fourth-order valence-corrected chi connectivity index (χ4v) is 1.78. The topological polar surface area (TPSA) is 97.2 Å². The van der Waals surface area contributed by atoms with Gasteiger partial charge in [-0.15, -0.1) is 0 Å². The van der Waals surface area contributed by atoms with Gasteiger partial charge >= 0.3 is 6.03 Å². The lowest BCUT2D eigenvalue weighted by Crippen LogP contribution is -2.20. The van der Waals surface area contributed by atoms with Gasteiger partial charge in [0.15, 0.2) is 0 Å². The van der Waals surface area contributed by atoms with Crippen molar-refractivity contribution in [3.63, 3.8) is 0 Å². The van der Waals surface area contributed by atoms with Gasteiger partial charge in [0.2, 0.25) is 0 Å². The quantitative estimate of drug-likeness (QED) is 0.663. The number of carbonyl (C=O) groups excluding carboxylic acids is 1. The Morgan fingerprint density at radius 1 is 1.25 bits per heavy atom. The Kier molecular flexibility index (Phi) is 4.26. The van der Waals surface area contributed by atoms with Gasteiger partial charge in [0.05, 0.1) is 4.92 Å². The van der Waals surface area contributed by atoms with E-state index in [-0.39, 0.29) is 5.69 Å². The second-order valence-electron chi connectivity index (χ2n) is 3.75. The number of amides is 2. The van der Waals surface area contributed by atoms with E-state index in [0.29, 0.717) is 11.5 Å². The van der Waals surface area contributed by atoms with Gasteiger partial charge in [0.25, 0.3) is 5.69 Å². The Hall–Kier alpha value is -2.48. The number of nitro groups is 1. The summed E-state index contributed by atoms with van der Waals surface area (Å²) in [7, 11) is 0. The summed E-state index contributed by atoms with van der Waals surface area (Å²) in [4.78, 5) is 25.8. The second-order valence-corrected chi connectivity index (χ2v) is 4.66. The number of carbonyl (C=O) groups is 1. The van der Waals surface area contributed by atoms with Crippen LogP contribution in [0.2, 0.25) is 0 Å². The van der Waals surface area contributed by atoms with E-state index in [0.717, 1.165) is 4.47 Å². The molecule has 0 aliphatic rings. The van der Waals surface area contributed by atoms with E-state index >= 15 is 0 Å². The number of non-ortho nitro benzene ring substituents is 1. The summed E-state index contributed by atoms with van der Waals surface area (Å²) in [5.74, 6) is 0.363. The highest BCUT2D eigenvalue weighted by Gasteiger charge is 2.08. The molecule has 2 rings (SSSR count). The number of pyridine rings is 1. The van der Waals surface area contributed by atoms with Crippen LogP contribution in [0.1, 0.15) is 0 Å². The van der Waals surface area contributed by atoms with Crippen LogP contribution in [0.3, 0.4) is 0 Å². The first-order valence-electron chi connectivity index (χ1n) is 5.48. The summed E-state index contributed by atoms with van der Waals surface area (Å²) in [5, 5.41) is 15.6. The summed E-state index contributed by atoms with van der Waals surface area (Å²) >= 11 is 3.26. The highest BCUT2D eigenvalue weighted by Crippen LogP contribution is 2.17. The second kappa shape index (κ2) is 6.11. The number of benzene rings is 1. The zero-order valence-electron chi connectivity index (χ0n) is 10.0. The van der Waals surface area contributed by atoms with E-state index in [1.165, 1.54) is 24.4 Å². The molecule has 0 bridgehead atoms. The van der Waals surface area contributed by atoms with Gasteiger partial charge in [-0.05, 0) is 18.2 Å². The third-order valence-electron chi connectivity index (χ3n) is 2.28. The lowest BCUT2D eigenvalue weighted by atomic mass is 10.3. The van der Waals surface area contributed by atoms with Crippen LogP contribution in [-0.2, 0) is 0 Å². The van der Waals surface area contributed by atoms with E-state index < -0.39 is 11.0 Å². The summed E-state index contributed by atoms with van der Waals surface area (Å²) < 4.78 is 0.776. The average Bonchev–Trinajstić information content (AvgIpc) is 2.38. The van der Waals surface area contributed by atoms with Gasteiger partial charge in [0.1, 0.15) is 5.82 Å². The normalized spacial score (nSPS) is 9.85. The SMILES string of the molecule is O=C(Nc1cccc([N+](=O)[O-])c1)Nc1cc(Br)ccn1. The van der Waals surface area contributed by atoms with Crippen molar-refractivity contribution in [2.24, 2.45) is 0 Å². The average molecular weight is 337 g/mol. The van der Waals surface area contributed by atoms with Crippen LogP contribution in [0.5, 0.6) is 0 Å². The minimum Gasteiger partial charge on any atom is -0.307 e. The monoisotopic (exact) mass is 336 g/mol. The Morgan fingerprint density at radius 2 is 2.05 bits per heavy atom. The molecule has 1 heterocycles. The molecule has 0 aliphatic carbocycles. The molecular formula is C12H9BrN4O3. The molecule has 7 nitrogen and oxygen atoms in total. The lowest BCUT2D eigenvalue weighted by Gasteiger charge is -2.06. The van der Waals surface area contributed by atoms with Gasteiger partial charge in [0, 0.05) is 28.5 Å². The predicted octanol–water partition coefficient (Wildman–Crippen LogP) is 3.40. The molecular weight excluding hydrogens is 328 g/mol. The number of hydrogen-bond acceptors (Lipinski definition) is 4. The molecule has 2 amide bonds. The Bertz CT molecular complexity index is 663. The van der Waals surface area contributed by atoms with Crippen molar-refractivity contribution in [3.8, 4) is 0 Å². The van der Waals surface area contributed by atoms with Crippen molar-refractivity contribution in [2.75, 3.05) is 10.6 Å². The maximum absolute atomic E-state index is 11.7. The van der Waals surface area contributed by atoms with Gasteiger partial charge in [-0.3, -0.25) is 15.4 Å². The molecule has 0 spiro atoms. The van der Waals surface area contributed by atoms with Crippen LogP contribution in [0.15, 0.2) is 47.1 Å². The van der Waals surface area contributed by atoms with Crippen molar-refractivity contribution in [1.29, 1.82) is 0 Å². The molecule has 20 heavy (non-hydrogen) atoms. The molecule has 2 N–H and O–H groups in total. The maximum Gasteiger partial charge on any atom is 0.324 e. The maximum atomic E-state index is 11.7. The zero-order chi connectivity index (χ0) is 14.5. The number of nitrogens with one attached hydrogen (secondary N) is 2. The number of halogens is 1. The van der Waals surface area contributed by atoms with Crippen molar-refractivity contribution in [1.82, 2.24) is 4.98 Å². The van der Waals surface area contributed by atoms with E-state index in [2.05, 4.69) is 31.5 Å². The molecule has 0 atom stereocenters. The highest BCUT2D eigenvalue weighted by atomic mass is 79.9. The van der Waals surface area contributed by atoms with Crippen molar-refractivity contribution in [3.05, 3.63) is 57.2 Å². The Balaban J connectivity index is 2.04. The van der Waals surface area contributed by atoms with E-state index in [9.17, 15) is 14.9 Å². The molecule has 0 unspecified atom stereocenters. The summed E-state index contributed by atoms with van der Waals surface area (Å²) in [5.41, 5.74) is 0.232. The number of hydrogen-bond donors (Lipinski definition) is 2. The number of rotatable bonds is 3. The molecule has 2 aromatic rings. The van der Waals surface area contributed by atoms with Crippen LogP contribution >= 0.6 is 15.9 Å². The van der Waals surface area contributed by atoms with Crippen LogP contribution in [-0.4, -0.2) is 15.9 Å². The predicted molar refractivity (Wildman–Crippen MR) is 77.7 cm³/mol. The zero-order valence-corrected chi connectivity index (χ0v) is 11.6. The number of nitro benzene ring substituents is 1. The van der Waals surface area contributed by atoms with Crippen LogP contribution < -0.4 is 10.6 Å². The fraction of sp³-hybridized carbons (Fsp3) is 0. The third kappa shape index (κ3) is 3.75. The molecule has 8 heteroatoms. The first-order valence-corrected chi connectivity index (χ1v) is 6.28. The Morgan fingerprint density at radius 3 is 2.75 bits per heavy atom. The first-order chi connectivity index (χ1) is 9.54. The largest absolute Gasteiger partial charge is 0.324 e. The van der Waals surface area contributed by atoms with Gasteiger partial charge < -0.3 is 5.32 Å². The minimum absolute atomic E-state index is 0.0941. The van der Waals surface area contributed by atoms with Gasteiger partial charge in [-0.1, -0.05) is 22.0 Å². The van der Waals surface area contributed by atoms with Gasteiger partial charge in [-0.25, -0.2) is 9.78 Å². The van der Waals surface area contributed by atoms with E-state index in [1.807, 2.05) is 0 Å². The molecule has 0 saturated carbocycles. The van der Waals surface area contributed by atoms with Crippen LogP contribution in [0.25, 0.3) is 0 Å². The van der Waals surface area contributed by atoms with E-state index in [1.54, 1.807) is 18.2 Å². The molecule has 0 radical (unpaired) electrons.